The summed E-state index contributed by atoms with van der Waals surface area (Å²) in [7, 11) is 1.65. The molecule has 0 saturated carbocycles. The van der Waals surface area contributed by atoms with E-state index in [9.17, 15) is 9.18 Å². The van der Waals surface area contributed by atoms with Crippen molar-refractivity contribution < 1.29 is 9.18 Å². The Hall–Kier alpha value is -1.62. The molecular weight excluding hydrogens is 245 g/mol. The molecule has 104 valence electrons. The molecule has 1 heterocycles. The third-order valence-electron chi connectivity index (χ3n) is 3.85. The summed E-state index contributed by atoms with van der Waals surface area (Å²) in [6.45, 7) is 3.66. The van der Waals surface area contributed by atoms with Gasteiger partial charge in [-0.15, -0.1) is 0 Å². The highest BCUT2D eigenvalue weighted by molar-refractivity contribution is 5.83. The van der Waals surface area contributed by atoms with Crippen LogP contribution in [0.2, 0.25) is 0 Å². The Balaban J connectivity index is 2.24. The molecule has 1 amide bonds. The summed E-state index contributed by atoms with van der Waals surface area (Å²) >= 11 is 0. The molecule has 1 fully saturated rings. The van der Waals surface area contributed by atoms with Crippen LogP contribution < -0.4 is 16.0 Å². The van der Waals surface area contributed by atoms with Crippen LogP contribution >= 0.6 is 0 Å². The molecule has 19 heavy (non-hydrogen) atoms. The van der Waals surface area contributed by atoms with Crippen molar-refractivity contribution in [1.82, 2.24) is 5.32 Å². The molecule has 0 bridgehead atoms. The molecular formula is C14H20FN3O. The molecule has 2 rings (SSSR count). The van der Waals surface area contributed by atoms with Gasteiger partial charge in [-0.3, -0.25) is 4.79 Å². The summed E-state index contributed by atoms with van der Waals surface area (Å²) in [6.07, 6.45) is 0.786. The number of halogens is 1. The molecule has 1 saturated heterocycles. The predicted molar refractivity (Wildman–Crippen MR) is 73.3 cm³/mol. The van der Waals surface area contributed by atoms with Gasteiger partial charge in [0.2, 0.25) is 5.91 Å². The number of nitrogens with two attached hydrogens (primary N) is 1. The number of anilines is 1. The van der Waals surface area contributed by atoms with Crippen molar-refractivity contribution in [2.24, 2.45) is 11.1 Å². The van der Waals surface area contributed by atoms with E-state index in [2.05, 4.69) is 10.2 Å². The van der Waals surface area contributed by atoms with E-state index < -0.39 is 5.41 Å². The van der Waals surface area contributed by atoms with Crippen LogP contribution in [0.1, 0.15) is 18.9 Å². The van der Waals surface area contributed by atoms with Gasteiger partial charge >= 0.3 is 0 Å². The average Bonchev–Trinajstić information content (AvgIpc) is 2.81. The lowest BCUT2D eigenvalue weighted by molar-refractivity contribution is -0.128. The number of nitrogens with one attached hydrogen (secondary N) is 1. The molecule has 5 heteroatoms. The predicted octanol–water partition coefficient (Wildman–Crippen LogP) is 1.25. The van der Waals surface area contributed by atoms with Crippen LogP contribution in [0, 0.1) is 11.2 Å². The lowest BCUT2D eigenvalue weighted by atomic mass is 9.89. The normalized spacial score (nSPS) is 22.6. The highest BCUT2D eigenvalue weighted by Crippen LogP contribution is 2.34. The third-order valence-corrected chi connectivity index (χ3v) is 3.85. The van der Waals surface area contributed by atoms with E-state index in [-0.39, 0.29) is 11.7 Å². The van der Waals surface area contributed by atoms with Gasteiger partial charge in [-0.05, 0) is 37.1 Å². The minimum absolute atomic E-state index is 0.0476. The van der Waals surface area contributed by atoms with E-state index >= 15 is 0 Å². The van der Waals surface area contributed by atoms with Crippen molar-refractivity contribution in [3.05, 3.63) is 29.6 Å². The molecule has 1 aliphatic rings. The van der Waals surface area contributed by atoms with Gasteiger partial charge < -0.3 is 16.0 Å². The summed E-state index contributed by atoms with van der Waals surface area (Å²) in [5, 5.41) is 2.71. The Bertz CT molecular complexity index is 492. The monoisotopic (exact) mass is 265 g/mol. The second-order valence-electron chi connectivity index (χ2n) is 5.29. The summed E-state index contributed by atoms with van der Waals surface area (Å²) in [6, 6.07) is 4.64. The van der Waals surface area contributed by atoms with E-state index in [1.807, 2.05) is 6.92 Å². The maximum Gasteiger partial charge on any atom is 0.227 e. The molecule has 3 N–H and O–H groups in total. The van der Waals surface area contributed by atoms with Crippen LogP contribution in [-0.4, -0.2) is 26.0 Å². The second-order valence-corrected chi connectivity index (χ2v) is 5.29. The fourth-order valence-electron chi connectivity index (χ4n) is 2.68. The van der Waals surface area contributed by atoms with Crippen molar-refractivity contribution in [3.63, 3.8) is 0 Å². The van der Waals surface area contributed by atoms with Crippen LogP contribution in [0.4, 0.5) is 10.1 Å². The summed E-state index contributed by atoms with van der Waals surface area (Å²) < 4.78 is 13.2. The Kier molecular flexibility index (Phi) is 3.75. The van der Waals surface area contributed by atoms with Gasteiger partial charge in [-0.1, -0.05) is 0 Å². The molecule has 0 aromatic heterocycles. The van der Waals surface area contributed by atoms with E-state index in [0.717, 1.165) is 24.2 Å². The minimum atomic E-state index is -0.394. The quantitative estimate of drug-likeness (QED) is 0.864. The van der Waals surface area contributed by atoms with E-state index in [4.69, 9.17) is 5.73 Å². The Labute approximate surface area is 112 Å². The molecule has 0 spiro atoms. The molecule has 1 unspecified atom stereocenters. The number of hydrogen-bond donors (Lipinski definition) is 2. The summed E-state index contributed by atoms with van der Waals surface area (Å²) in [5.74, 6) is -0.233. The maximum absolute atomic E-state index is 13.2. The van der Waals surface area contributed by atoms with E-state index in [1.165, 1.54) is 12.1 Å². The number of rotatable bonds is 3. The van der Waals surface area contributed by atoms with Crippen LogP contribution in [-0.2, 0) is 11.3 Å². The van der Waals surface area contributed by atoms with Gasteiger partial charge in [0, 0.05) is 32.4 Å². The lowest BCUT2D eigenvalue weighted by Gasteiger charge is -2.25. The largest absolute Gasteiger partial charge is 0.370 e. The molecule has 1 atom stereocenters. The maximum atomic E-state index is 13.2. The summed E-state index contributed by atoms with van der Waals surface area (Å²) in [5.41, 5.74) is 6.98. The van der Waals surface area contributed by atoms with Gasteiger partial charge in [0.1, 0.15) is 5.82 Å². The molecule has 0 radical (unpaired) electrons. The first-order chi connectivity index (χ1) is 9.00. The number of carbonyl (C=O) groups is 1. The Morgan fingerprint density at radius 1 is 1.58 bits per heavy atom. The first-order valence-electron chi connectivity index (χ1n) is 6.46. The van der Waals surface area contributed by atoms with Crippen LogP contribution in [0.3, 0.4) is 0 Å². The van der Waals surface area contributed by atoms with E-state index in [0.29, 0.717) is 13.1 Å². The van der Waals surface area contributed by atoms with Gasteiger partial charge in [0.05, 0.1) is 5.41 Å². The zero-order chi connectivity index (χ0) is 14.0. The van der Waals surface area contributed by atoms with Crippen molar-refractivity contribution in [1.29, 1.82) is 0 Å². The van der Waals surface area contributed by atoms with Crippen molar-refractivity contribution in [3.8, 4) is 0 Å². The molecule has 4 nitrogen and oxygen atoms in total. The zero-order valence-corrected chi connectivity index (χ0v) is 11.4. The first-order valence-corrected chi connectivity index (χ1v) is 6.46. The van der Waals surface area contributed by atoms with Crippen molar-refractivity contribution >= 4 is 11.6 Å². The number of carbonyl (C=O) groups excluding carboxylic acids is 1. The topological polar surface area (TPSA) is 58.4 Å². The highest BCUT2D eigenvalue weighted by atomic mass is 19.1. The number of nitrogens with zero attached hydrogens (tertiary/aromatic N) is 1. The van der Waals surface area contributed by atoms with Crippen molar-refractivity contribution in [2.75, 3.05) is 25.0 Å². The molecule has 1 aromatic carbocycles. The molecule has 1 aromatic rings. The van der Waals surface area contributed by atoms with Gasteiger partial charge in [-0.25, -0.2) is 4.39 Å². The lowest BCUT2D eigenvalue weighted by Crippen LogP contribution is -2.39. The standard InChI is InChI=1S/C14H20FN3O/c1-14(13(19)17-2)5-6-18(9-14)12-4-3-11(15)7-10(12)8-16/h3-4,7H,5-6,8-9,16H2,1-2H3,(H,17,19). The van der Waals surface area contributed by atoms with Crippen LogP contribution in [0.25, 0.3) is 0 Å². The Morgan fingerprint density at radius 3 is 2.95 bits per heavy atom. The second kappa shape index (κ2) is 5.17. The van der Waals surface area contributed by atoms with Crippen molar-refractivity contribution in [2.45, 2.75) is 19.9 Å². The number of benzene rings is 1. The Morgan fingerprint density at radius 2 is 2.32 bits per heavy atom. The van der Waals surface area contributed by atoms with Gasteiger partial charge in [0.15, 0.2) is 0 Å². The van der Waals surface area contributed by atoms with Gasteiger partial charge in [-0.2, -0.15) is 0 Å². The van der Waals surface area contributed by atoms with Gasteiger partial charge in [0.25, 0.3) is 0 Å². The van der Waals surface area contributed by atoms with Crippen LogP contribution in [0.15, 0.2) is 18.2 Å². The third kappa shape index (κ3) is 2.56. The zero-order valence-electron chi connectivity index (χ0n) is 11.4. The van der Waals surface area contributed by atoms with E-state index in [1.54, 1.807) is 13.1 Å². The fourth-order valence-corrected chi connectivity index (χ4v) is 2.68. The average molecular weight is 265 g/mol. The fraction of sp³-hybridized carbons (Fsp3) is 0.500. The SMILES string of the molecule is CNC(=O)C1(C)CCN(c2ccc(F)cc2CN)C1. The molecule has 1 aliphatic heterocycles. The number of amides is 1. The summed E-state index contributed by atoms with van der Waals surface area (Å²) in [4.78, 5) is 14.0. The smallest absolute Gasteiger partial charge is 0.227 e. The highest BCUT2D eigenvalue weighted by Gasteiger charge is 2.40. The molecule has 0 aliphatic carbocycles. The first kappa shape index (κ1) is 13.8. The number of hydrogen-bond acceptors (Lipinski definition) is 3. The van der Waals surface area contributed by atoms with Crippen LogP contribution in [0.5, 0.6) is 0 Å². The minimum Gasteiger partial charge on any atom is -0.370 e.